The molecule has 4 aromatic rings. The lowest BCUT2D eigenvalue weighted by Crippen LogP contribution is -2.08. The van der Waals surface area contributed by atoms with Gasteiger partial charge in [-0.2, -0.15) is 0 Å². The van der Waals surface area contributed by atoms with Crippen molar-refractivity contribution in [2.75, 3.05) is 0 Å². The van der Waals surface area contributed by atoms with Crippen molar-refractivity contribution in [2.45, 2.75) is 6.92 Å². The van der Waals surface area contributed by atoms with Crippen molar-refractivity contribution in [2.24, 2.45) is 7.05 Å². The predicted octanol–water partition coefficient (Wildman–Crippen LogP) is 3.24. The zero-order valence-corrected chi connectivity index (χ0v) is 14.9. The van der Waals surface area contributed by atoms with E-state index in [4.69, 9.17) is 0 Å². The third-order valence-corrected chi connectivity index (χ3v) is 5.12. The number of phenolic OH excluding ortho intramolecular Hbond substituents is 1. The number of H-pyrrole nitrogens is 1. The van der Waals surface area contributed by atoms with Crippen molar-refractivity contribution < 1.29 is 9.90 Å². The van der Waals surface area contributed by atoms with Gasteiger partial charge in [0.2, 0.25) is 0 Å². The summed E-state index contributed by atoms with van der Waals surface area (Å²) < 4.78 is 2.31. The first-order chi connectivity index (χ1) is 12.4. The number of nitrogens with zero attached hydrogens (tertiary/aromatic N) is 2. The third kappa shape index (κ3) is 2.62. The second-order valence-corrected chi connectivity index (χ2v) is 7.04. The molecule has 0 saturated carbocycles. The standard InChI is InChI=1S/C19H15N3O3S/c1-10-3-4-15(23)12(7-10)16(24)11-8-14(22(2)9-11)18-20-13-5-6-26-17(13)19(25)21-18/h3-9,23H,1-2H3,(H,20,21,25). The maximum absolute atomic E-state index is 12.8. The minimum absolute atomic E-state index is 0.0581. The van der Waals surface area contributed by atoms with Crippen molar-refractivity contribution in [1.82, 2.24) is 14.5 Å². The van der Waals surface area contributed by atoms with Crippen LogP contribution in [0.3, 0.4) is 0 Å². The van der Waals surface area contributed by atoms with Crippen LogP contribution < -0.4 is 5.56 Å². The van der Waals surface area contributed by atoms with Crippen LogP contribution in [0.1, 0.15) is 21.5 Å². The molecule has 3 heterocycles. The quantitative estimate of drug-likeness (QED) is 0.546. The summed E-state index contributed by atoms with van der Waals surface area (Å²) in [6.07, 6.45) is 1.66. The van der Waals surface area contributed by atoms with Crippen molar-refractivity contribution in [3.05, 3.63) is 69.0 Å². The number of aromatic nitrogens is 3. The Morgan fingerprint density at radius 2 is 2.08 bits per heavy atom. The molecular weight excluding hydrogens is 350 g/mol. The normalized spacial score (nSPS) is 11.2. The molecule has 0 atom stereocenters. The summed E-state index contributed by atoms with van der Waals surface area (Å²) in [7, 11) is 1.78. The maximum Gasteiger partial charge on any atom is 0.269 e. The molecule has 0 radical (unpaired) electrons. The molecule has 0 bridgehead atoms. The number of phenols is 1. The monoisotopic (exact) mass is 365 g/mol. The summed E-state index contributed by atoms with van der Waals surface area (Å²) in [6, 6.07) is 8.37. The SMILES string of the molecule is Cc1ccc(O)c(C(=O)c2cc(-c3nc4ccsc4c(=O)[nH]3)n(C)c2)c1. The Morgan fingerprint density at radius 1 is 1.27 bits per heavy atom. The molecule has 0 spiro atoms. The number of aromatic amines is 1. The topological polar surface area (TPSA) is 88.0 Å². The van der Waals surface area contributed by atoms with Gasteiger partial charge in [0.1, 0.15) is 10.4 Å². The van der Waals surface area contributed by atoms with Crippen molar-refractivity contribution in [1.29, 1.82) is 0 Å². The lowest BCUT2D eigenvalue weighted by atomic mass is 10.0. The molecule has 26 heavy (non-hydrogen) atoms. The van der Waals surface area contributed by atoms with Gasteiger partial charge in [0.05, 0.1) is 16.8 Å². The number of hydrogen-bond donors (Lipinski definition) is 2. The number of fused-ring (bicyclic) bond motifs is 1. The molecule has 7 heteroatoms. The largest absolute Gasteiger partial charge is 0.507 e. The van der Waals surface area contributed by atoms with Crippen LogP contribution in [0.2, 0.25) is 0 Å². The van der Waals surface area contributed by atoms with Gasteiger partial charge in [-0.05, 0) is 36.6 Å². The summed E-state index contributed by atoms with van der Waals surface area (Å²) in [4.78, 5) is 32.2. The van der Waals surface area contributed by atoms with Crippen LogP contribution in [0.15, 0.2) is 46.7 Å². The van der Waals surface area contributed by atoms with E-state index in [9.17, 15) is 14.7 Å². The van der Waals surface area contributed by atoms with E-state index in [1.807, 2.05) is 12.3 Å². The number of carbonyl (C=O) groups excluding carboxylic acids is 1. The Balaban J connectivity index is 1.81. The van der Waals surface area contributed by atoms with E-state index in [1.54, 1.807) is 42.1 Å². The molecule has 3 aromatic heterocycles. The number of rotatable bonds is 3. The lowest BCUT2D eigenvalue weighted by molar-refractivity contribution is 0.103. The zero-order valence-electron chi connectivity index (χ0n) is 14.1. The minimum Gasteiger partial charge on any atom is -0.507 e. The third-order valence-electron chi connectivity index (χ3n) is 4.22. The smallest absolute Gasteiger partial charge is 0.269 e. The van der Waals surface area contributed by atoms with E-state index >= 15 is 0 Å². The Morgan fingerprint density at radius 3 is 2.88 bits per heavy atom. The first-order valence-corrected chi connectivity index (χ1v) is 8.80. The van der Waals surface area contributed by atoms with Gasteiger partial charge in [0, 0.05) is 18.8 Å². The number of nitrogens with one attached hydrogen (secondary N) is 1. The molecule has 130 valence electrons. The first kappa shape index (κ1) is 16.3. The average Bonchev–Trinajstić information content (AvgIpc) is 3.23. The van der Waals surface area contributed by atoms with E-state index in [0.717, 1.165) is 5.56 Å². The highest BCUT2D eigenvalue weighted by Gasteiger charge is 2.18. The fourth-order valence-electron chi connectivity index (χ4n) is 2.91. The van der Waals surface area contributed by atoms with E-state index in [-0.39, 0.29) is 22.7 Å². The molecule has 0 saturated heterocycles. The second-order valence-electron chi connectivity index (χ2n) is 6.12. The average molecular weight is 365 g/mol. The Labute approximate surface area is 152 Å². The van der Waals surface area contributed by atoms with Crippen LogP contribution in [-0.4, -0.2) is 25.4 Å². The Bertz CT molecular complexity index is 1220. The second kappa shape index (κ2) is 5.96. The highest BCUT2D eigenvalue weighted by Crippen LogP contribution is 2.25. The number of hydrogen-bond acceptors (Lipinski definition) is 5. The van der Waals surface area contributed by atoms with Crippen molar-refractivity contribution in [3.63, 3.8) is 0 Å². The molecule has 4 rings (SSSR count). The summed E-state index contributed by atoms with van der Waals surface area (Å²) in [5.74, 6) is 0.0557. The molecule has 2 N–H and O–H groups in total. The number of aryl methyl sites for hydroxylation is 2. The molecule has 0 aliphatic carbocycles. The van der Waals surface area contributed by atoms with Gasteiger partial charge in [-0.3, -0.25) is 9.59 Å². The Kier molecular flexibility index (Phi) is 3.73. The summed E-state index contributed by atoms with van der Waals surface area (Å²) in [5, 5.41) is 11.8. The molecule has 0 amide bonds. The zero-order chi connectivity index (χ0) is 18.4. The highest BCUT2D eigenvalue weighted by atomic mass is 32.1. The van der Waals surface area contributed by atoms with E-state index in [0.29, 0.717) is 27.3 Å². The number of benzene rings is 1. The molecule has 0 aliphatic heterocycles. The fraction of sp³-hybridized carbons (Fsp3) is 0.105. The predicted molar refractivity (Wildman–Crippen MR) is 101 cm³/mol. The fourth-order valence-corrected chi connectivity index (χ4v) is 3.63. The number of carbonyl (C=O) groups is 1. The van der Waals surface area contributed by atoms with Gasteiger partial charge in [-0.1, -0.05) is 11.6 Å². The van der Waals surface area contributed by atoms with E-state index in [1.165, 1.54) is 17.4 Å². The van der Waals surface area contributed by atoms with Crippen molar-refractivity contribution >= 4 is 27.3 Å². The molecule has 1 aromatic carbocycles. The van der Waals surface area contributed by atoms with Crippen LogP contribution >= 0.6 is 11.3 Å². The van der Waals surface area contributed by atoms with Crippen LogP contribution in [0.5, 0.6) is 5.75 Å². The van der Waals surface area contributed by atoms with Crippen molar-refractivity contribution in [3.8, 4) is 17.3 Å². The van der Waals surface area contributed by atoms with Crippen LogP contribution in [0.4, 0.5) is 0 Å². The van der Waals surface area contributed by atoms with Gasteiger partial charge in [0.25, 0.3) is 5.56 Å². The lowest BCUT2D eigenvalue weighted by Gasteiger charge is -2.03. The molecule has 0 unspecified atom stereocenters. The number of ketones is 1. The number of thiophene rings is 1. The van der Waals surface area contributed by atoms with Gasteiger partial charge in [-0.15, -0.1) is 11.3 Å². The van der Waals surface area contributed by atoms with Crippen LogP contribution in [0, 0.1) is 6.92 Å². The molecule has 6 nitrogen and oxygen atoms in total. The Hall–Kier alpha value is -3.19. The van der Waals surface area contributed by atoms with Gasteiger partial charge in [0.15, 0.2) is 11.6 Å². The highest BCUT2D eigenvalue weighted by molar-refractivity contribution is 7.17. The summed E-state index contributed by atoms with van der Waals surface area (Å²) in [5.41, 5.74) is 2.58. The summed E-state index contributed by atoms with van der Waals surface area (Å²) >= 11 is 1.34. The van der Waals surface area contributed by atoms with E-state index in [2.05, 4.69) is 9.97 Å². The van der Waals surface area contributed by atoms with E-state index < -0.39 is 0 Å². The first-order valence-electron chi connectivity index (χ1n) is 7.92. The maximum atomic E-state index is 12.8. The van der Waals surface area contributed by atoms with Gasteiger partial charge >= 0.3 is 0 Å². The van der Waals surface area contributed by atoms with Gasteiger partial charge in [-0.25, -0.2) is 4.98 Å². The van der Waals surface area contributed by atoms with Crippen LogP contribution in [0.25, 0.3) is 21.7 Å². The molecular formula is C19H15N3O3S. The molecule has 0 fully saturated rings. The van der Waals surface area contributed by atoms with Crippen LogP contribution in [-0.2, 0) is 7.05 Å². The molecule has 0 aliphatic rings. The van der Waals surface area contributed by atoms with Gasteiger partial charge < -0.3 is 14.7 Å². The summed E-state index contributed by atoms with van der Waals surface area (Å²) in [6.45, 7) is 1.86. The minimum atomic E-state index is -0.285. The number of aromatic hydroxyl groups is 1.